The van der Waals surface area contributed by atoms with E-state index in [1.54, 1.807) is 12.1 Å². The van der Waals surface area contributed by atoms with Gasteiger partial charge in [0.1, 0.15) is 0 Å². The van der Waals surface area contributed by atoms with E-state index in [0.717, 1.165) is 11.1 Å². The molecule has 2 atom stereocenters. The lowest BCUT2D eigenvalue weighted by atomic mass is 9.94. The molecule has 1 amide bonds. The smallest absolute Gasteiger partial charge is 0.337 e. The summed E-state index contributed by atoms with van der Waals surface area (Å²) in [5, 5.41) is 4.04. The van der Waals surface area contributed by atoms with Crippen LogP contribution >= 0.6 is 11.6 Å². The largest absolute Gasteiger partial charge is 0.465 e. The molecule has 0 spiro atoms. The van der Waals surface area contributed by atoms with Crippen LogP contribution in [-0.2, 0) is 29.0 Å². The number of nitrogens with zero attached hydrogens (tertiary/aromatic N) is 1. The standard InChI is InChI=1S/C27H27ClN2O3/c1-18(23-9-5-6-10-24(23)28)30(17-19-11-13-20(14-12-19)27(32)33-2)26(31)25-15-21-7-3-4-8-22(21)16-29-25/h3-14,18,25,29H,15-17H2,1-2H3/t18-,25?/m1/s1. The van der Waals surface area contributed by atoms with Gasteiger partial charge in [-0.05, 0) is 53.8 Å². The number of fused-ring (bicyclic) bond motifs is 1. The van der Waals surface area contributed by atoms with Crippen LogP contribution in [0.15, 0.2) is 72.8 Å². The fourth-order valence-electron chi connectivity index (χ4n) is 4.28. The number of esters is 1. The van der Waals surface area contributed by atoms with Crippen LogP contribution in [-0.4, -0.2) is 29.9 Å². The molecule has 0 radical (unpaired) electrons. The Hall–Kier alpha value is -3.15. The van der Waals surface area contributed by atoms with Crippen LogP contribution in [0.2, 0.25) is 5.02 Å². The average Bonchev–Trinajstić information content (AvgIpc) is 2.86. The van der Waals surface area contributed by atoms with Crippen LogP contribution < -0.4 is 5.32 Å². The van der Waals surface area contributed by atoms with Gasteiger partial charge in [-0.1, -0.05) is 66.2 Å². The van der Waals surface area contributed by atoms with E-state index in [-0.39, 0.29) is 24.0 Å². The van der Waals surface area contributed by atoms with Crippen molar-refractivity contribution in [3.63, 3.8) is 0 Å². The van der Waals surface area contributed by atoms with Crippen molar-refractivity contribution in [1.29, 1.82) is 0 Å². The Kier molecular flexibility index (Phi) is 7.11. The number of halogens is 1. The summed E-state index contributed by atoms with van der Waals surface area (Å²) in [7, 11) is 1.36. The maximum absolute atomic E-state index is 13.8. The van der Waals surface area contributed by atoms with Crippen molar-refractivity contribution in [2.45, 2.75) is 38.5 Å². The Balaban J connectivity index is 1.62. The molecule has 0 saturated carbocycles. The zero-order valence-corrected chi connectivity index (χ0v) is 19.5. The Bertz CT molecular complexity index is 1150. The Morgan fingerprint density at radius 3 is 2.39 bits per heavy atom. The minimum absolute atomic E-state index is 0.0222. The first kappa shape index (κ1) is 23.0. The summed E-state index contributed by atoms with van der Waals surface area (Å²) in [4.78, 5) is 27.5. The number of rotatable bonds is 6. The first-order chi connectivity index (χ1) is 16.0. The monoisotopic (exact) mass is 462 g/mol. The summed E-state index contributed by atoms with van der Waals surface area (Å²) >= 11 is 6.49. The number of ether oxygens (including phenoxy) is 1. The second-order valence-electron chi connectivity index (χ2n) is 8.26. The predicted octanol–water partition coefficient (Wildman–Crippen LogP) is 4.93. The molecule has 0 aromatic heterocycles. The van der Waals surface area contributed by atoms with E-state index in [4.69, 9.17) is 16.3 Å². The van der Waals surface area contributed by atoms with Gasteiger partial charge in [0.05, 0.1) is 24.8 Å². The maximum Gasteiger partial charge on any atom is 0.337 e. The minimum Gasteiger partial charge on any atom is -0.465 e. The molecule has 5 nitrogen and oxygen atoms in total. The molecule has 1 aliphatic rings. The molecule has 170 valence electrons. The highest BCUT2D eigenvalue weighted by molar-refractivity contribution is 6.31. The van der Waals surface area contributed by atoms with Crippen LogP contribution in [0.3, 0.4) is 0 Å². The average molecular weight is 463 g/mol. The fraction of sp³-hybridized carbons (Fsp3) is 0.259. The molecule has 4 rings (SSSR count). The lowest BCUT2D eigenvalue weighted by Gasteiger charge is -2.35. The van der Waals surface area contributed by atoms with Crippen molar-refractivity contribution < 1.29 is 14.3 Å². The summed E-state index contributed by atoms with van der Waals surface area (Å²) in [6, 6.07) is 22.4. The van der Waals surface area contributed by atoms with Gasteiger partial charge < -0.3 is 15.0 Å². The molecule has 3 aromatic rings. The maximum atomic E-state index is 13.8. The van der Waals surface area contributed by atoms with E-state index in [2.05, 4.69) is 17.4 Å². The molecule has 0 fully saturated rings. The minimum atomic E-state index is -0.385. The SMILES string of the molecule is COC(=O)c1ccc(CN(C(=O)C2Cc3ccccc3CN2)[C@H](C)c2ccccc2Cl)cc1. The van der Waals surface area contributed by atoms with Crippen LogP contribution in [0.5, 0.6) is 0 Å². The summed E-state index contributed by atoms with van der Waals surface area (Å²) in [5.41, 5.74) is 4.72. The lowest BCUT2D eigenvalue weighted by molar-refractivity contribution is -0.136. The number of carbonyl (C=O) groups excluding carboxylic acids is 2. The van der Waals surface area contributed by atoms with E-state index < -0.39 is 0 Å². The first-order valence-corrected chi connectivity index (χ1v) is 11.4. The molecule has 1 aliphatic heterocycles. The highest BCUT2D eigenvalue weighted by Crippen LogP contribution is 2.30. The van der Waals surface area contributed by atoms with Gasteiger partial charge in [-0.15, -0.1) is 0 Å². The van der Waals surface area contributed by atoms with E-state index in [1.807, 2.05) is 60.4 Å². The number of methoxy groups -OCH3 is 1. The van der Waals surface area contributed by atoms with Gasteiger partial charge in [-0.25, -0.2) is 4.79 Å². The van der Waals surface area contributed by atoms with Crippen molar-refractivity contribution in [2.75, 3.05) is 7.11 Å². The second kappa shape index (κ2) is 10.2. The topological polar surface area (TPSA) is 58.6 Å². The van der Waals surface area contributed by atoms with Gasteiger partial charge in [0.25, 0.3) is 0 Å². The van der Waals surface area contributed by atoms with Gasteiger partial charge in [-0.2, -0.15) is 0 Å². The molecule has 0 bridgehead atoms. The van der Waals surface area contributed by atoms with Crippen molar-refractivity contribution in [2.24, 2.45) is 0 Å². The van der Waals surface area contributed by atoms with E-state index >= 15 is 0 Å². The number of benzene rings is 3. The quantitative estimate of drug-likeness (QED) is 0.527. The van der Waals surface area contributed by atoms with Gasteiger partial charge >= 0.3 is 5.97 Å². The molecule has 1 unspecified atom stereocenters. The second-order valence-corrected chi connectivity index (χ2v) is 8.67. The molecule has 33 heavy (non-hydrogen) atoms. The van der Waals surface area contributed by atoms with Crippen LogP contribution in [0.1, 0.15) is 45.6 Å². The fourth-order valence-corrected chi connectivity index (χ4v) is 4.57. The van der Waals surface area contributed by atoms with Crippen molar-refractivity contribution >= 4 is 23.5 Å². The summed E-state index contributed by atoms with van der Waals surface area (Å²) < 4.78 is 4.79. The number of hydrogen-bond donors (Lipinski definition) is 1. The molecule has 6 heteroatoms. The molecule has 0 saturated heterocycles. The number of amides is 1. The predicted molar refractivity (Wildman–Crippen MR) is 129 cm³/mol. The Morgan fingerprint density at radius 2 is 1.70 bits per heavy atom. The zero-order valence-electron chi connectivity index (χ0n) is 18.8. The molecular formula is C27H27ClN2O3. The highest BCUT2D eigenvalue weighted by atomic mass is 35.5. The van der Waals surface area contributed by atoms with Crippen LogP contribution in [0.25, 0.3) is 0 Å². The molecular weight excluding hydrogens is 436 g/mol. The number of hydrogen-bond acceptors (Lipinski definition) is 4. The van der Waals surface area contributed by atoms with Gasteiger partial charge in [-0.3, -0.25) is 4.79 Å². The third-order valence-corrected chi connectivity index (χ3v) is 6.56. The lowest BCUT2D eigenvalue weighted by Crippen LogP contribution is -2.49. The molecule has 0 aliphatic carbocycles. The van der Waals surface area contributed by atoms with E-state index in [9.17, 15) is 9.59 Å². The van der Waals surface area contributed by atoms with Crippen molar-refractivity contribution in [1.82, 2.24) is 10.2 Å². The molecule has 1 N–H and O–H groups in total. The summed E-state index contributed by atoms with van der Waals surface area (Å²) in [6.45, 7) is 3.06. The zero-order chi connectivity index (χ0) is 23.4. The Labute approximate surface area is 199 Å². The third kappa shape index (κ3) is 5.10. The van der Waals surface area contributed by atoms with Crippen molar-refractivity contribution in [3.8, 4) is 0 Å². The van der Waals surface area contributed by atoms with Crippen molar-refractivity contribution in [3.05, 3.63) is 106 Å². The number of carbonyl (C=O) groups is 2. The van der Waals surface area contributed by atoms with Gasteiger partial charge in [0, 0.05) is 18.1 Å². The highest BCUT2D eigenvalue weighted by Gasteiger charge is 2.31. The molecule has 1 heterocycles. The van der Waals surface area contributed by atoms with Crippen LogP contribution in [0.4, 0.5) is 0 Å². The first-order valence-electron chi connectivity index (χ1n) is 11.0. The normalized spacial score (nSPS) is 15.9. The van der Waals surface area contributed by atoms with Gasteiger partial charge in [0.2, 0.25) is 5.91 Å². The van der Waals surface area contributed by atoms with E-state index in [0.29, 0.717) is 30.1 Å². The van der Waals surface area contributed by atoms with Crippen LogP contribution in [0, 0.1) is 0 Å². The Morgan fingerprint density at radius 1 is 1.03 bits per heavy atom. The summed E-state index contributed by atoms with van der Waals surface area (Å²) in [5.74, 6) is -0.363. The van der Waals surface area contributed by atoms with E-state index in [1.165, 1.54) is 18.2 Å². The molecule has 3 aromatic carbocycles. The third-order valence-electron chi connectivity index (χ3n) is 6.21. The summed E-state index contributed by atoms with van der Waals surface area (Å²) in [6.07, 6.45) is 0.641. The number of nitrogens with one attached hydrogen (secondary N) is 1. The van der Waals surface area contributed by atoms with Gasteiger partial charge in [0.15, 0.2) is 0 Å².